The molecule has 0 aromatic heterocycles. The molecule has 6 heteroatoms. The SMILES string of the molecule is CCOC(=O)CCCCN(CCc1ccccc1OCCC1CCCCC1)Cc1ccc(C(=O)OC)cc1. The Kier molecular flexibility index (Phi) is 13.2. The third-order valence-electron chi connectivity index (χ3n) is 7.37. The van der Waals surface area contributed by atoms with E-state index in [1.807, 2.05) is 31.2 Å². The lowest BCUT2D eigenvalue weighted by atomic mass is 9.87. The highest BCUT2D eigenvalue weighted by atomic mass is 16.5. The summed E-state index contributed by atoms with van der Waals surface area (Å²) in [5.41, 5.74) is 2.92. The van der Waals surface area contributed by atoms with Gasteiger partial charge in [0.05, 0.1) is 25.9 Å². The van der Waals surface area contributed by atoms with Gasteiger partial charge in [-0.25, -0.2) is 4.79 Å². The van der Waals surface area contributed by atoms with Crippen LogP contribution in [-0.4, -0.2) is 50.3 Å². The average Bonchev–Trinajstić information content (AvgIpc) is 2.95. The van der Waals surface area contributed by atoms with Crippen molar-refractivity contribution in [1.29, 1.82) is 0 Å². The zero-order valence-electron chi connectivity index (χ0n) is 23.3. The number of benzene rings is 2. The van der Waals surface area contributed by atoms with Crippen LogP contribution in [0.25, 0.3) is 0 Å². The molecule has 1 aliphatic rings. The Labute approximate surface area is 228 Å². The van der Waals surface area contributed by atoms with E-state index in [4.69, 9.17) is 14.2 Å². The molecule has 0 unspecified atom stereocenters. The van der Waals surface area contributed by atoms with E-state index >= 15 is 0 Å². The van der Waals surface area contributed by atoms with Crippen molar-refractivity contribution in [1.82, 2.24) is 4.90 Å². The topological polar surface area (TPSA) is 65.1 Å². The minimum atomic E-state index is -0.326. The molecular weight excluding hydrogens is 478 g/mol. The van der Waals surface area contributed by atoms with Crippen molar-refractivity contribution in [2.75, 3.05) is 33.4 Å². The summed E-state index contributed by atoms with van der Waals surface area (Å²) in [6, 6.07) is 16.0. The van der Waals surface area contributed by atoms with Gasteiger partial charge in [0.25, 0.3) is 0 Å². The van der Waals surface area contributed by atoms with Gasteiger partial charge in [0.2, 0.25) is 0 Å². The van der Waals surface area contributed by atoms with Crippen LogP contribution in [0.5, 0.6) is 5.75 Å². The highest BCUT2D eigenvalue weighted by Crippen LogP contribution is 2.27. The van der Waals surface area contributed by atoms with Crippen LogP contribution in [0.1, 0.15) is 86.2 Å². The summed E-state index contributed by atoms with van der Waals surface area (Å²) in [6.45, 7) is 5.57. The molecule has 3 rings (SSSR count). The second-order valence-electron chi connectivity index (χ2n) is 10.2. The Morgan fingerprint density at radius 1 is 0.947 bits per heavy atom. The highest BCUT2D eigenvalue weighted by molar-refractivity contribution is 5.89. The maximum Gasteiger partial charge on any atom is 0.337 e. The van der Waals surface area contributed by atoms with Gasteiger partial charge in [-0.2, -0.15) is 0 Å². The molecule has 0 radical (unpaired) electrons. The Morgan fingerprint density at radius 3 is 2.45 bits per heavy atom. The maximum atomic E-state index is 11.8. The first-order chi connectivity index (χ1) is 18.6. The molecule has 2 aromatic rings. The third-order valence-corrected chi connectivity index (χ3v) is 7.37. The largest absolute Gasteiger partial charge is 0.493 e. The maximum absolute atomic E-state index is 11.8. The van der Waals surface area contributed by atoms with E-state index in [1.54, 1.807) is 0 Å². The monoisotopic (exact) mass is 523 g/mol. The third kappa shape index (κ3) is 10.5. The summed E-state index contributed by atoms with van der Waals surface area (Å²) in [5.74, 6) is 1.35. The molecule has 0 atom stereocenters. The van der Waals surface area contributed by atoms with Gasteiger partial charge in [0.15, 0.2) is 0 Å². The molecule has 0 heterocycles. The number of nitrogens with zero attached hydrogens (tertiary/aromatic N) is 1. The fourth-order valence-corrected chi connectivity index (χ4v) is 5.17. The number of carbonyl (C=O) groups excluding carboxylic acids is 2. The summed E-state index contributed by atoms with van der Waals surface area (Å²) in [4.78, 5) is 25.9. The van der Waals surface area contributed by atoms with Crippen molar-refractivity contribution in [3.63, 3.8) is 0 Å². The predicted molar refractivity (Wildman–Crippen MR) is 150 cm³/mol. The van der Waals surface area contributed by atoms with Crippen LogP contribution in [0.4, 0.5) is 0 Å². The Morgan fingerprint density at radius 2 is 1.71 bits per heavy atom. The molecule has 0 saturated heterocycles. The molecule has 2 aromatic carbocycles. The quantitative estimate of drug-likeness (QED) is 0.182. The van der Waals surface area contributed by atoms with E-state index in [1.165, 1.54) is 44.8 Å². The first kappa shape index (κ1) is 29.7. The van der Waals surface area contributed by atoms with Crippen LogP contribution in [0.2, 0.25) is 0 Å². The van der Waals surface area contributed by atoms with Gasteiger partial charge in [-0.1, -0.05) is 62.4 Å². The summed E-state index contributed by atoms with van der Waals surface area (Å²) in [6.07, 6.45) is 11.0. The molecule has 208 valence electrons. The van der Waals surface area contributed by atoms with E-state index in [0.29, 0.717) is 18.6 Å². The van der Waals surface area contributed by atoms with E-state index in [0.717, 1.165) is 69.2 Å². The number of methoxy groups -OCH3 is 1. The lowest BCUT2D eigenvalue weighted by Gasteiger charge is -2.24. The van der Waals surface area contributed by atoms with Crippen LogP contribution >= 0.6 is 0 Å². The van der Waals surface area contributed by atoms with Crippen molar-refractivity contribution in [3.8, 4) is 5.75 Å². The van der Waals surface area contributed by atoms with E-state index < -0.39 is 0 Å². The lowest BCUT2D eigenvalue weighted by Crippen LogP contribution is -2.27. The van der Waals surface area contributed by atoms with Crippen LogP contribution in [0, 0.1) is 5.92 Å². The summed E-state index contributed by atoms with van der Waals surface area (Å²) < 4.78 is 16.2. The van der Waals surface area contributed by atoms with E-state index in [9.17, 15) is 9.59 Å². The van der Waals surface area contributed by atoms with Gasteiger partial charge in [-0.15, -0.1) is 0 Å². The summed E-state index contributed by atoms with van der Waals surface area (Å²) in [5, 5.41) is 0. The Balaban J connectivity index is 1.57. The van der Waals surface area contributed by atoms with Gasteiger partial charge in [-0.3, -0.25) is 9.69 Å². The fraction of sp³-hybridized carbons (Fsp3) is 0.562. The normalized spacial score (nSPS) is 13.9. The number of hydrogen-bond acceptors (Lipinski definition) is 6. The minimum Gasteiger partial charge on any atom is -0.493 e. The molecule has 0 aliphatic heterocycles. The summed E-state index contributed by atoms with van der Waals surface area (Å²) >= 11 is 0. The highest BCUT2D eigenvalue weighted by Gasteiger charge is 2.15. The average molecular weight is 524 g/mol. The molecular formula is C32H45NO5. The van der Waals surface area contributed by atoms with Crippen LogP contribution < -0.4 is 4.74 Å². The van der Waals surface area contributed by atoms with Crippen molar-refractivity contribution in [3.05, 3.63) is 65.2 Å². The van der Waals surface area contributed by atoms with Gasteiger partial charge in [0.1, 0.15) is 5.75 Å². The van der Waals surface area contributed by atoms with Gasteiger partial charge >= 0.3 is 11.9 Å². The zero-order valence-corrected chi connectivity index (χ0v) is 23.3. The number of para-hydroxylation sites is 1. The molecule has 0 amide bonds. The number of carbonyl (C=O) groups is 2. The van der Waals surface area contributed by atoms with E-state index in [-0.39, 0.29) is 11.9 Å². The summed E-state index contributed by atoms with van der Waals surface area (Å²) in [7, 11) is 1.39. The molecule has 0 N–H and O–H groups in total. The van der Waals surface area contributed by atoms with Gasteiger partial charge < -0.3 is 14.2 Å². The van der Waals surface area contributed by atoms with Crippen LogP contribution in [0.3, 0.4) is 0 Å². The molecule has 0 bridgehead atoms. The number of unbranched alkanes of at least 4 members (excludes halogenated alkanes) is 1. The number of rotatable bonds is 16. The van der Waals surface area contributed by atoms with Crippen molar-refractivity contribution < 1.29 is 23.8 Å². The Bertz CT molecular complexity index is 968. The molecule has 6 nitrogen and oxygen atoms in total. The molecule has 38 heavy (non-hydrogen) atoms. The second kappa shape index (κ2) is 16.9. The standard InChI is InChI=1S/C32H45NO5/c1-3-37-31(34)15-9-10-22-33(25-27-16-18-29(19-17-27)32(35)36-2)23-20-28-13-7-8-14-30(28)38-24-21-26-11-5-4-6-12-26/h7-8,13-14,16-19,26H,3-6,9-12,15,20-25H2,1-2H3. The second-order valence-corrected chi connectivity index (χ2v) is 10.2. The van der Waals surface area contributed by atoms with Gasteiger partial charge in [0, 0.05) is 19.5 Å². The Hall–Kier alpha value is -2.86. The molecule has 0 spiro atoms. The smallest absolute Gasteiger partial charge is 0.337 e. The van der Waals surface area contributed by atoms with Crippen molar-refractivity contribution >= 4 is 11.9 Å². The van der Waals surface area contributed by atoms with Gasteiger partial charge in [-0.05, 0) is 74.4 Å². The van der Waals surface area contributed by atoms with E-state index in [2.05, 4.69) is 29.2 Å². The predicted octanol–water partition coefficient (Wildman–Crippen LogP) is 6.60. The van der Waals surface area contributed by atoms with Crippen molar-refractivity contribution in [2.24, 2.45) is 5.92 Å². The first-order valence-corrected chi connectivity index (χ1v) is 14.3. The lowest BCUT2D eigenvalue weighted by molar-refractivity contribution is -0.143. The number of ether oxygens (including phenoxy) is 3. The molecule has 1 aliphatic carbocycles. The number of hydrogen-bond donors (Lipinski definition) is 0. The van der Waals surface area contributed by atoms with Crippen LogP contribution in [0.15, 0.2) is 48.5 Å². The fourth-order valence-electron chi connectivity index (χ4n) is 5.17. The minimum absolute atomic E-state index is 0.128. The number of esters is 2. The molecule has 1 fully saturated rings. The zero-order chi connectivity index (χ0) is 27.0. The first-order valence-electron chi connectivity index (χ1n) is 14.3. The van der Waals surface area contributed by atoms with Crippen molar-refractivity contribution in [2.45, 2.75) is 77.7 Å². The molecule has 1 saturated carbocycles. The van der Waals surface area contributed by atoms with Crippen LogP contribution in [-0.2, 0) is 27.2 Å².